The molecule has 33 heavy (non-hydrogen) atoms. The zero-order valence-electron chi connectivity index (χ0n) is 18.4. The fraction of sp³-hybridized carbons (Fsp3) is 0.259. The van der Waals surface area contributed by atoms with Crippen molar-refractivity contribution >= 4 is 17.5 Å². The highest BCUT2D eigenvalue weighted by molar-refractivity contribution is 6.06. The molecule has 168 valence electrons. The van der Waals surface area contributed by atoms with Crippen molar-refractivity contribution in [2.45, 2.75) is 18.9 Å². The summed E-state index contributed by atoms with van der Waals surface area (Å²) in [7, 11) is 1.59. The summed E-state index contributed by atoms with van der Waals surface area (Å²) in [5.74, 6) is 0.288. The Labute approximate surface area is 192 Å². The van der Waals surface area contributed by atoms with E-state index in [1.807, 2.05) is 35.2 Å². The molecule has 0 aromatic heterocycles. The average molecular weight is 445 g/mol. The fourth-order valence-corrected chi connectivity index (χ4v) is 5.16. The number of methoxy groups -OCH3 is 1. The summed E-state index contributed by atoms with van der Waals surface area (Å²) in [4.78, 5) is 30.1. The molecule has 2 aliphatic rings. The quantitative estimate of drug-likeness (QED) is 0.541. The minimum Gasteiger partial charge on any atom is -0.497 e. The third kappa shape index (κ3) is 3.55. The van der Waals surface area contributed by atoms with Crippen LogP contribution in [-0.4, -0.2) is 36.9 Å². The van der Waals surface area contributed by atoms with E-state index in [9.17, 15) is 14.0 Å². The van der Waals surface area contributed by atoms with Crippen molar-refractivity contribution in [3.8, 4) is 5.75 Å². The number of carbonyl (C=O) groups is 2. The van der Waals surface area contributed by atoms with Crippen LogP contribution in [0.15, 0.2) is 78.9 Å². The Hall–Kier alpha value is -3.67. The molecule has 1 unspecified atom stereocenters. The first kappa shape index (κ1) is 21.2. The van der Waals surface area contributed by atoms with E-state index >= 15 is 0 Å². The minimum absolute atomic E-state index is 0.00139. The van der Waals surface area contributed by atoms with Gasteiger partial charge in [-0.1, -0.05) is 36.4 Å². The maximum atomic E-state index is 13.9. The first-order valence-electron chi connectivity index (χ1n) is 11.1. The summed E-state index contributed by atoms with van der Waals surface area (Å²) in [6.45, 7) is 0.994. The molecule has 2 aliphatic heterocycles. The van der Waals surface area contributed by atoms with E-state index in [0.29, 0.717) is 42.9 Å². The van der Waals surface area contributed by atoms with Crippen LogP contribution in [0.5, 0.6) is 5.75 Å². The molecular formula is C27H25FN2O3. The van der Waals surface area contributed by atoms with Crippen molar-refractivity contribution in [1.29, 1.82) is 0 Å². The highest BCUT2D eigenvalue weighted by atomic mass is 19.1. The molecule has 0 N–H and O–H groups in total. The van der Waals surface area contributed by atoms with Crippen LogP contribution in [0.25, 0.3) is 0 Å². The van der Waals surface area contributed by atoms with Gasteiger partial charge in [0.15, 0.2) is 0 Å². The predicted octanol–water partition coefficient (Wildman–Crippen LogP) is 4.84. The van der Waals surface area contributed by atoms with Gasteiger partial charge in [0, 0.05) is 24.3 Å². The number of carbonyl (C=O) groups excluding carboxylic acids is 2. The summed E-state index contributed by atoms with van der Waals surface area (Å²) in [6.07, 6.45) is 1.14. The Kier molecular flexibility index (Phi) is 5.36. The van der Waals surface area contributed by atoms with Gasteiger partial charge < -0.3 is 14.5 Å². The number of nitrogens with zero attached hydrogens (tertiary/aromatic N) is 2. The van der Waals surface area contributed by atoms with Gasteiger partial charge >= 0.3 is 0 Å². The lowest BCUT2D eigenvalue weighted by Gasteiger charge is -2.59. The molecular weight excluding hydrogens is 419 g/mol. The normalized spacial score (nSPS) is 19.3. The summed E-state index contributed by atoms with van der Waals surface area (Å²) in [5.41, 5.74) is 1.60. The second-order valence-electron chi connectivity index (χ2n) is 8.65. The first-order chi connectivity index (χ1) is 16.0. The molecule has 2 saturated heterocycles. The average Bonchev–Trinajstić information content (AvgIpc) is 2.87. The molecule has 1 spiro atoms. The molecule has 2 heterocycles. The molecule has 5 nitrogen and oxygen atoms in total. The van der Waals surface area contributed by atoms with Crippen LogP contribution in [0.3, 0.4) is 0 Å². The number of β-lactam (4-membered cyclic amide) rings is 1. The Bertz CT molecular complexity index is 1170. The van der Waals surface area contributed by atoms with E-state index in [-0.39, 0.29) is 23.7 Å². The molecule has 0 bridgehead atoms. The summed E-state index contributed by atoms with van der Waals surface area (Å²) >= 11 is 0. The van der Waals surface area contributed by atoms with Crippen molar-refractivity contribution in [1.82, 2.24) is 4.90 Å². The van der Waals surface area contributed by atoms with Crippen molar-refractivity contribution in [3.63, 3.8) is 0 Å². The zero-order valence-corrected chi connectivity index (χ0v) is 18.4. The lowest BCUT2D eigenvalue weighted by atomic mass is 9.62. The summed E-state index contributed by atoms with van der Waals surface area (Å²) in [5, 5.41) is 0. The SMILES string of the molecule is COc1ccc(C(=O)N2CCC3(CC2)C(=O)N(c2cccc(F)c2)C3c2ccccc2)cc1. The molecule has 2 fully saturated rings. The second-order valence-corrected chi connectivity index (χ2v) is 8.65. The van der Waals surface area contributed by atoms with Gasteiger partial charge in [0.1, 0.15) is 11.6 Å². The fourth-order valence-electron chi connectivity index (χ4n) is 5.16. The number of piperidine rings is 1. The lowest BCUT2D eigenvalue weighted by molar-refractivity contribution is -0.144. The number of halogens is 1. The van der Waals surface area contributed by atoms with Gasteiger partial charge in [-0.3, -0.25) is 9.59 Å². The van der Waals surface area contributed by atoms with Crippen LogP contribution in [0, 0.1) is 11.2 Å². The van der Waals surface area contributed by atoms with E-state index in [0.717, 1.165) is 5.56 Å². The molecule has 3 aromatic carbocycles. The molecule has 0 radical (unpaired) electrons. The van der Waals surface area contributed by atoms with E-state index < -0.39 is 5.41 Å². The number of hydrogen-bond acceptors (Lipinski definition) is 3. The number of anilines is 1. The molecule has 1 atom stereocenters. The van der Waals surface area contributed by atoms with E-state index in [2.05, 4.69) is 0 Å². The molecule has 5 rings (SSSR count). The highest BCUT2D eigenvalue weighted by Gasteiger charge is 2.62. The van der Waals surface area contributed by atoms with Gasteiger partial charge in [-0.2, -0.15) is 0 Å². The Balaban J connectivity index is 1.39. The Morgan fingerprint density at radius 3 is 2.30 bits per heavy atom. The first-order valence-corrected chi connectivity index (χ1v) is 11.1. The molecule has 2 amide bonds. The maximum absolute atomic E-state index is 13.9. The zero-order chi connectivity index (χ0) is 23.0. The number of hydrogen-bond donors (Lipinski definition) is 0. The minimum atomic E-state index is -0.593. The van der Waals surface area contributed by atoms with E-state index in [4.69, 9.17) is 4.74 Å². The van der Waals surface area contributed by atoms with Gasteiger partial charge in [-0.15, -0.1) is 0 Å². The van der Waals surface area contributed by atoms with Gasteiger partial charge in [0.05, 0.1) is 18.6 Å². The lowest BCUT2D eigenvalue weighted by Crippen LogP contribution is -2.67. The number of likely N-dealkylation sites (tertiary alicyclic amines) is 1. The van der Waals surface area contributed by atoms with Gasteiger partial charge in [0.2, 0.25) is 5.91 Å². The van der Waals surface area contributed by atoms with Crippen LogP contribution in [0.4, 0.5) is 10.1 Å². The monoisotopic (exact) mass is 444 g/mol. The van der Waals surface area contributed by atoms with Crippen LogP contribution >= 0.6 is 0 Å². The van der Waals surface area contributed by atoms with Crippen molar-refractivity contribution in [2.24, 2.45) is 5.41 Å². The molecule has 0 aliphatic carbocycles. The van der Waals surface area contributed by atoms with Crippen LogP contribution in [-0.2, 0) is 4.79 Å². The number of benzene rings is 3. The standard InChI is InChI=1S/C27H25FN2O3/c1-33-23-12-10-20(11-13-23)25(31)29-16-14-27(15-17-29)24(19-6-3-2-4-7-19)30(26(27)32)22-9-5-8-21(28)18-22/h2-13,18,24H,14-17H2,1H3. The maximum Gasteiger partial charge on any atom is 0.253 e. The van der Waals surface area contributed by atoms with Crippen molar-refractivity contribution < 1.29 is 18.7 Å². The van der Waals surface area contributed by atoms with Gasteiger partial charge in [-0.05, 0) is 60.9 Å². The van der Waals surface area contributed by atoms with E-state index in [1.54, 1.807) is 48.4 Å². The van der Waals surface area contributed by atoms with Crippen molar-refractivity contribution in [3.05, 3.63) is 95.8 Å². The third-order valence-corrected chi connectivity index (χ3v) is 6.91. The highest BCUT2D eigenvalue weighted by Crippen LogP contribution is 2.57. The third-order valence-electron chi connectivity index (χ3n) is 6.91. The Morgan fingerprint density at radius 1 is 0.970 bits per heavy atom. The summed E-state index contributed by atoms with van der Waals surface area (Å²) in [6, 6.07) is 22.9. The predicted molar refractivity (Wildman–Crippen MR) is 124 cm³/mol. The topological polar surface area (TPSA) is 49.9 Å². The second kappa shape index (κ2) is 8.35. The molecule has 6 heteroatoms. The molecule has 0 saturated carbocycles. The smallest absolute Gasteiger partial charge is 0.253 e. The summed E-state index contributed by atoms with van der Waals surface area (Å²) < 4.78 is 19.1. The number of rotatable bonds is 4. The van der Waals surface area contributed by atoms with Crippen LogP contribution in [0.1, 0.15) is 34.8 Å². The Morgan fingerprint density at radius 2 is 1.67 bits per heavy atom. The number of amides is 2. The van der Waals surface area contributed by atoms with Gasteiger partial charge in [-0.25, -0.2) is 4.39 Å². The van der Waals surface area contributed by atoms with Crippen LogP contribution in [0.2, 0.25) is 0 Å². The number of ether oxygens (including phenoxy) is 1. The molecule has 3 aromatic rings. The van der Waals surface area contributed by atoms with Gasteiger partial charge in [0.25, 0.3) is 5.91 Å². The largest absolute Gasteiger partial charge is 0.497 e. The van der Waals surface area contributed by atoms with Crippen LogP contribution < -0.4 is 9.64 Å². The van der Waals surface area contributed by atoms with E-state index in [1.165, 1.54) is 12.1 Å². The van der Waals surface area contributed by atoms with Crippen molar-refractivity contribution in [2.75, 3.05) is 25.1 Å².